The normalized spacial score (nSPS) is 12.1. The van der Waals surface area contributed by atoms with Crippen LogP contribution in [0.3, 0.4) is 0 Å². The molecular weight excluding hydrogens is 614 g/mol. The summed E-state index contributed by atoms with van der Waals surface area (Å²) in [5.41, 5.74) is 0. The number of nitrogens with zero attached hydrogens (tertiary/aromatic N) is 4. The molecule has 286 valence electrons. The highest BCUT2D eigenvalue weighted by Gasteiger charge is 2.14. The SMILES string of the molecule is CCCCCCCOC(=O)CCCCCCCN(CCCCCCCC(=O)OC(CCCC)CCCCC)CCCN=C(NC#N)N(C)C. The fourth-order valence-electron chi connectivity index (χ4n) is 5.95. The van der Waals surface area contributed by atoms with E-state index >= 15 is 0 Å². The molecule has 1 unspecified atom stereocenters. The fraction of sp³-hybridized carbons (Fsp3) is 0.900. The van der Waals surface area contributed by atoms with E-state index in [1.54, 1.807) is 0 Å². The van der Waals surface area contributed by atoms with Crippen molar-refractivity contribution in [2.75, 3.05) is 46.9 Å². The molecule has 0 rings (SSSR count). The molecule has 0 spiro atoms. The molecule has 0 aromatic heterocycles. The second-order valence-electron chi connectivity index (χ2n) is 14.0. The van der Waals surface area contributed by atoms with Crippen LogP contribution in [-0.2, 0) is 19.1 Å². The third-order valence-corrected chi connectivity index (χ3v) is 9.01. The van der Waals surface area contributed by atoms with Crippen LogP contribution < -0.4 is 5.32 Å². The maximum absolute atomic E-state index is 12.5. The molecule has 0 saturated heterocycles. The number of unbranched alkanes of at least 4 members (excludes halogenated alkanes) is 15. The summed E-state index contributed by atoms with van der Waals surface area (Å²) in [5, 5.41) is 11.6. The van der Waals surface area contributed by atoms with Crippen LogP contribution in [0, 0.1) is 11.5 Å². The maximum atomic E-state index is 12.5. The van der Waals surface area contributed by atoms with Gasteiger partial charge in [-0.25, -0.2) is 0 Å². The third kappa shape index (κ3) is 31.4. The first-order valence-electron chi connectivity index (χ1n) is 20.3. The molecule has 0 amide bonds. The molecule has 0 radical (unpaired) electrons. The number of nitriles is 1. The highest BCUT2D eigenvalue weighted by Crippen LogP contribution is 2.16. The van der Waals surface area contributed by atoms with Crippen LogP contribution in [0.1, 0.15) is 181 Å². The third-order valence-electron chi connectivity index (χ3n) is 9.01. The Labute approximate surface area is 302 Å². The van der Waals surface area contributed by atoms with Crippen LogP contribution in [0.4, 0.5) is 0 Å². The van der Waals surface area contributed by atoms with E-state index in [1.807, 2.05) is 25.2 Å². The van der Waals surface area contributed by atoms with E-state index in [1.165, 1.54) is 44.9 Å². The number of hydrogen-bond acceptors (Lipinski definition) is 7. The molecule has 1 atom stereocenters. The van der Waals surface area contributed by atoms with E-state index < -0.39 is 0 Å². The first kappa shape index (κ1) is 46.7. The molecule has 0 aliphatic heterocycles. The lowest BCUT2D eigenvalue weighted by Gasteiger charge is -2.22. The van der Waals surface area contributed by atoms with E-state index in [-0.39, 0.29) is 18.0 Å². The van der Waals surface area contributed by atoms with Gasteiger partial charge in [0.1, 0.15) is 6.10 Å². The standard InChI is InChI=1S/C40H77N5O4/c1-6-9-12-19-25-35-48-38(46)29-21-15-13-17-23-32-45(34-26-31-42-40(43-36-41)44(4)5)33-24-18-14-16-22-30-39(47)49-37(27-11-8-3)28-20-10-7-2/h37H,6-35H2,1-5H3,(H,42,43). The van der Waals surface area contributed by atoms with Gasteiger partial charge in [-0.3, -0.25) is 19.9 Å². The Balaban J connectivity index is 4.40. The summed E-state index contributed by atoms with van der Waals surface area (Å²) >= 11 is 0. The van der Waals surface area contributed by atoms with Crippen LogP contribution >= 0.6 is 0 Å². The Kier molecular flexibility index (Phi) is 33.8. The van der Waals surface area contributed by atoms with Gasteiger partial charge in [-0.1, -0.05) is 111 Å². The van der Waals surface area contributed by atoms with Crippen molar-refractivity contribution in [2.45, 2.75) is 187 Å². The minimum absolute atomic E-state index is 0.0121. The van der Waals surface area contributed by atoms with Crippen LogP contribution in [0.15, 0.2) is 4.99 Å². The van der Waals surface area contributed by atoms with Gasteiger partial charge >= 0.3 is 11.9 Å². The van der Waals surface area contributed by atoms with Gasteiger partial charge in [-0.15, -0.1) is 0 Å². The van der Waals surface area contributed by atoms with Crippen LogP contribution in [0.2, 0.25) is 0 Å². The topological polar surface area (TPSA) is 107 Å². The summed E-state index contributed by atoms with van der Waals surface area (Å²) in [6.07, 6.45) is 28.7. The molecule has 1 N–H and O–H groups in total. The van der Waals surface area contributed by atoms with Crippen molar-refractivity contribution in [3.63, 3.8) is 0 Å². The summed E-state index contributed by atoms with van der Waals surface area (Å²) in [6, 6.07) is 0. The summed E-state index contributed by atoms with van der Waals surface area (Å²) in [4.78, 5) is 33.4. The number of guanidine groups is 1. The summed E-state index contributed by atoms with van der Waals surface area (Å²) in [6.45, 7) is 11.0. The van der Waals surface area contributed by atoms with E-state index in [9.17, 15) is 9.59 Å². The lowest BCUT2D eigenvalue weighted by Crippen LogP contribution is -2.34. The van der Waals surface area contributed by atoms with Gasteiger partial charge in [0.2, 0.25) is 5.96 Å². The highest BCUT2D eigenvalue weighted by atomic mass is 16.5. The number of carbonyl (C=O) groups is 2. The Morgan fingerprint density at radius 1 is 0.653 bits per heavy atom. The van der Waals surface area contributed by atoms with Crippen LogP contribution in [0.25, 0.3) is 0 Å². The number of carbonyl (C=O) groups excluding carboxylic acids is 2. The molecule has 9 nitrogen and oxygen atoms in total. The molecule has 0 aromatic carbocycles. The first-order chi connectivity index (χ1) is 23.9. The van der Waals surface area contributed by atoms with Crippen molar-refractivity contribution in [2.24, 2.45) is 4.99 Å². The van der Waals surface area contributed by atoms with Crippen molar-refractivity contribution in [1.29, 1.82) is 5.26 Å². The zero-order valence-electron chi connectivity index (χ0n) is 32.7. The number of aliphatic imine (C=N–C) groups is 1. The Morgan fingerprint density at radius 2 is 1.16 bits per heavy atom. The average Bonchev–Trinajstić information content (AvgIpc) is 3.08. The highest BCUT2D eigenvalue weighted by molar-refractivity contribution is 5.80. The number of hydrogen-bond donors (Lipinski definition) is 1. The smallest absolute Gasteiger partial charge is 0.306 e. The first-order valence-corrected chi connectivity index (χ1v) is 20.3. The van der Waals surface area contributed by atoms with E-state index in [2.05, 4.69) is 36.0 Å². The molecular formula is C40H77N5O4. The number of rotatable bonds is 34. The van der Waals surface area contributed by atoms with Gasteiger partial charge in [0, 0.05) is 33.5 Å². The predicted molar refractivity (Wildman–Crippen MR) is 204 cm³/mol. The van der Waals surface area contributed by atoms with Gasteiger partial charge < -0.3 is 19.3 Å². The van der Waals surface area contributed by atoms with Crippen molar-refractivity contribution >= 4 is 17.9 Å². The maximum Gasteiger partial charge on any atom is 0.306 e. The second kappa shape index (κ2) is 35.5. The number of esters is 2. The molecule has 0 aliphatic carbocycles. The summed E-state index contributed by atoms with van der Waals surface area (Å²) in [7, 11) is 3.77. The second-order valence-corrected chi connectivity index (χ2v) is 14.0. The van der Waals surface area contributed by atoms with Gasteiger partial charge in [0.25, 0.3) is 0 Å². The average molecular weight is 692 g/mol. The van der Waals surface area contributed by atoms with Gasteiger partial charge in [0.15, 0.2) is 6.19 Å². The molecule has 9 heteroatoms. The predicted octanol–water partition coefficient (Wildman–Crippen LogP) is 9.54. The van der Waals surface area contributed by atoms with Crippen LogP contribution in [-0.4, -0.2) is 80.7 Å². The zero-order chi connectivity index (χ0) is 36.2. The van der Waals surface area contributed by atoms with Gasteiger partial charge in [-0.2, -0.15) is 5.26 Å². The Bertz CT molecular complexity index is 845. The quantitative estimate of drug-likeness (QED) is 0.0178. The molecule has 0 bridgehead atoms. The molecule has 0 saturated carbocycles. The zero-order valence-corrected chi connectivity index (χ0v) is 32.7. The minimum Gasteiger partial charge on any atom is -0.466 e. The van der Waals surface area contributed by atoms with E-state index in [0.29, 0.717) is 32.0 Å². The van der Waals surface area contributed by atoms with Crippen molar-refractivity contribution in [1.82, 2.24) is 15.1 Å². The Hall–Kier alpha value is -2.34. The lowest BCUT2D eigenvalue weighted by atomic mass is 10.1. The molecule has 0 heterocycles. The fourth-order valence-corrected chi connectivity index (χ4v) is 5.95. The Morgan fingerprint density at radius 3 is 1.78 bits per heavy atom. The lowest BCUT2D eigenvalue weighted by molar-refractivity contribution is -0.150. The summed E-state index contributed by atoms with van der Waals surface area (Å²) in [5.74, 6) is 0.546. The molecule has 49 heavy (non-hydrogen) atoms. The minimum atomic E-state index is -0.0412. The van der Waals surface area contributed by atoms with Gasteiger partial charge in [-0.05, 0) is 77.4 Å². The molecule has 0 aromatic rings. The van der Waals surface area contributed by atoms with Crippen molar-refractivity contribution < 1.29 is 19.1 Å². The molecule has 0 aliphatic rings. The van der Waals surface area contributed by atoms with Crippen molar-refractivity contribution in [3.8, 4) is 6.19 Å². The number of nitrogens with one attached hydrogen (secondary N) is 1. The van der Waals surface area contributed by atoms with E-state index in [0.717, 1.165) is 122 Å². The monoisotopic (exact) mass is 692 g/mol. The molecule has 0 fully saturated rings. The van der Waals surface area contributed by atoms with Gasteiger partial charge in [0.05, 0.1) is 6.61 Å². The van der Waals surface area contributed by atoms with Crippen LogP contribution in [0.5, 0.6) is 0 Å². The summed E-state index contributed by atoms with van der Waals surface area (Å²) < 4.78 is 11.2. The van der Waals surface area contributed by atoms with E-state index in [4.69, 9.17) is 14.7 Å². The largest absolute Gasteiger partial charge is 0.466 e. The van der Waals surface area contributed by atoms with Crippen molar-refractivity contribution in [3.05, 3.63) is 0 Å². The number of ether oxygens (including phenoxy) is 2.